The fourth-order valence-corrected chi connectivity index (χ4v) is 0. The van der Waals surface area contributed by atoms with Crippen LogP contribution in [0.3, 0.4) is 0 Å². The number of hydrogen-bond donors (Lipinski definition) is 2. The van der Waals surface area contributed by atoms with Gasteiger partial charge in [-0.3, -0.25) is 9.11 Å². The average Bonchev–Trinajstić information content (AvgIpc) is 0.722. The van der Waals surface area contributed by atoms with E-state index in [1.807, 2.05) is 0 Å². The van der Waals surface area contributed by atoms with Crippen molar-refractivity contribution in [3.8, 4) is 0 Å². The van der Waals surface area contributed by atoms with E-state index in [1.54, 1.807) is 0 Å². The molecule has 7 heavy (non-hydrogen) atoms. The molecule has 0 aromatic carbocycles. The maximum atomic E-state index is 8.74. The molecule has 0 fully saturated rings. The van der Waals surface area contributed by atoms with E-state index in [9.17, 15) is 0 Å². The van der Waals surface area contributed by atoms with Crippen molar-refractivity contribution in [3.63, 3.8) is 0 Å². The van der Waals surface area contributed by atoms with Gasteiger partial charge in [-0.2, -0.15) is 8.42 Å². The Labute approximate surface area is 74.2 Å². The van der Waals surface area contributed by atoms with Crippen molar-refractivity contribution in [2.45, 2.75) is 0 Å². The first kappa shape index (κ1) is 15.8. The van der Waals surface area contributed by atoms with Gasteiger partial charge >= 0.3 is 37.7 Å². The van der Waals surface area contributed by atoms with E-state index in [0.29, 0.717) is 0 Å². The molecule has 0 saturated carbocycles. The summed E-state index contributed by atoms with van der Waals surface area (Å²) < 4.78 is 31.6. The molecule has 0 aliphatic heterocycles. The minimum absolute atomic E-state index is 0. The number of hydrogen-bond acceptors (Lipinski definition) is 2. The van der Waals surface area contributed by atoms with Crippen LogP contribution in [0.15, 0.2) is 0 Å². The first-order valence-electron chi connectivity index (χ1n) is 0.698. The fourth-order valence-electron chi connectivity index (χ4n) is 0. The third kappa shape index (κ3) is 109. The van der Waals surface area contributed by atoms with E-state index in [2.05, 4.69) is 0 Å². The average molecular weight is 373 g/mol. The quantitative estimate of drug-likeness (QED) is 0.398. The van der Waals surface area contributed by atoms with Gasteiger partial charge in [0, 0.05) is 19.5 Å². The standard InChI is InChI=1S/H2O4S.Pb.Zn.2H/c1-5(2,3)4;;;;/h(H2,1,2,3,4);;;;. The van der Waals surface area contributed by atoms with E-state index in [1.165, 1.54) is 0 Å². The Morgan fingerprint density at radius 3 is 1.14 bits per heavy atom. The normalized spacial score (nSPS) is 8.29. The van der Waals surface area contributed by atoms with Crippen LogP contribution in [0.25, 0.3) is 0 Å². The molecule has 0 spiro atoms. The maximum Gasteiger partial charge on any atom is 0 e. The molecule has 0 bridgehead atoms. The van der Waals surface area contributed by atoms with Gasteiger partial charge in [-0.25, -0.2) is 0 Å². The summed E-state index contributed by atoms with van der Waals surface area (Å²) in [6, 6.07) is 0. The summed E-state index contributed by atoms with van der Waals surface area (Å²) in [7, 11) is -4.67. The molecule has 0 aliphatic carbocycles. The van der Waals surface area contributed by atoms with Gasteiger partial charge in [0.1, 0.15) is 0 Å². The number of rotatable bonds is 0. The first-order valence-corrected chi connectivity index (χ1v) is 2.10. The van der Waals surface area contributed by atoms with Gasteiger partial charge in [0.05, 0.1) is 0 Å². The minimum Gasteiger partial charge on any atom is 0 e. The molecule has 0 amide bonds. The van der Waals surface area contributed by atoms with Crippen LogP contribution < -0.4 is 0 Å². The van der Waals surface area contributed by atoms with Crippen molar-refractivity contribution in [1.29, 1.82) is 0 Å². The largest absolute Gasteiger partial charge is 0 e. The summed E-state index contributed by atoms with van der Waals surface area (Å²) in [4.78, 5) is 0. The van der Waals surface area contributed by atoms with E-state index >= 15 is 0 Å². The van der Waals surface area contributed by atoms with Gasteiger partial charge in [-0.05, 0) is 0 Å². The van der Waals surface area contributed by atoms with E-state index in [-0.39, 0.29) is 46.8 Å². The summed E-state index contributed by atoms with van der Waals surface area (Å²) in [5.41, 5.74) is 0. The van der Waals surface area contributed by atoms with Crippen molar-refractivity contribution in [1.82, 2.24) is 0 Å². The van der Waals surface area contributed by atoms with E-state index in [4.69, 9.17) is 17.5 Å². The Morgan fingerprint density at radius 2 is 1.14 bits per heavy atom. The molecule has 0 aliphatic rings. The molecule has 0 unspecified atom stereocenters. The first-order chi connectivity index (χ1) is 2.00. The third-order valence-corrected chi connectivity index (χ3v) is 0. The Balaban J connectivity index is -0.0000000800. The predicted molar refractivity (Wildman–Crippen MR) is 22.7 cm³/mol. The van der Waals surface area contributed by atoms with Gasteiger partial charge in [-0.15, -0.1) is 0 Å². The van der Waals surface area contributed by atoms with Crippen LogP contribution in [0.1, 0.15) is 0 Å². The van der Waals surface area contributed by atoms with Crippen molar-refractivity contribution in [2.75, 3.05) is 0 Å². The zero-order valence-electron chi connectivity index (χ0n) is 3.53. The molecule has 7 heteroatoms. The van der Waals surface area contributed by atoms with E-state index in [0.717, 1.165) is 0 Å². The van der Waals surface area contributed by atoms with Crippen LogP contribution in [0.5, 0.6) is 0 Å². The molecule has 0 rings (SSSR count). The summed E-state index contributed by atoms with van der Waals surface area (Å²) in [5, 5.41) is 0. The smallest absolute Gasteiger partial charge is 0 e. The summed E-state index contributed by atoms with van der Waals surface area (Å²) in [6.45, 7) is 0. The zero-order chi connectivity index (χ0) is 4.50. The molecule has 2 radical (unpaired) electrons. The van der Waals surface area contributed by atoms with Gasteiger partial charge in [0.15, 0.2) is 0 Å². The monoisotopic (exact) mass is 372 g/mol. The fraction of sp³-hybridized carbons (Fsp3) is 0. The van der Waals surface area contributed by atoms with Crippen LogP contribution in [0, 0.1) is 0 Å². The molecule has 2 N–H and O–H groups in total. The van der Waals surface area contributed by atoms with Crippen molar-refractivity contribution < 1.29 is 37.0 Å². The predicted octanol–water partition coefficient (Wildman–Crippen LogP) is -1.57. The van der Waals surface area contributed by atoms with Crippen LogP contribution in [-0.2, 0) is 29.9 Å². The van der Waals surface area contributed by atoms with Gasteiger partial charge < -0.3 is 0 Å². The Hall–Kier alpha value is 1.42. The topological polar surface area (TPSA) is 74.6 Å². The Kier molecular flexibility index (Phi) is 12.5. The van der Waals surface area contributed by atoms with Crippen LogP contribution in [-0.4, -0.2) is 44.8 Å². The molecular formula is H4O4PbSZn. The summed E-state index contributed by atoms with van der Waals surface area (Å²) in [5.74, 6) is 0. The summed E-state index contributed by atoms with van der Waals surface area (Å²) >= 11 is 0. The molecular weight excluding hydrogens is 369 g/mol. The zero-order valence-corrected chi connectivity index (χ0v) is 12.8. The SMILES string of the molecule is O=S(=O)(O)O.[PbH2].[Zn]. The second-order valence-corrected chi connectivity index (χ2v) is 1.34. The minimum atomic E-state index is -4.67. The molecule has 0 heterocycles. The maximum absolute atomic E-state index is 8.74. The molecule has 0 aromatic heterocycles. The Bertz CT molecular complexity index is 94.9. The second kappa shape index (κ2) is 5.55. The molecule has 40 valence electrons. The van der Waals surface area contributed by atoms with Gasteiger partial charge in [0.2, 0.25) is 0 Å². The van der Waals surface area contributed by atoms with Crippen molar-refractivity contribution >= 4 is 37.7 Å². The van der Waals surface area contributed by atoms with Gasteiger partial charge in [0.25, 0.3) is 0 Å². The molecule has 0 aromatic rings. The van der Waals surface area contributed by atoms with Crippen molar-refractivity contribution in [2.24, 2.45) is 0 Å². The van der Waals surface area contributed by atoms with Crippen LogP contribution >= 0.6 is 0 Å². The third-order valence-electron chi connectivity index (χ3n) is 0. The molecule has 0 saturated heterocycles. The van der Waals surface area contributed by atoms with Crippen LogP contribution in [0.4, 0.5) is 0 Å². The van der Waals surface area contributed by atoms with Crippen molar-refractivity contribution in [3.05, 3.63) is 0 Å². The second-order valence-electron chi connectivity index (χ2n) is 0.448. The van der Waals surface area contributed by atoms with Crippen LogP contribution in [0.2, 0.25) is 0 Å². The van der Waals surface area contributed by atoms with E-state index < -0.39 is 10.4 Å². The Morgan fingerprint density at radius 1 is 1.14 bits per heavy atom. The van der Waals surface area contributed by atoms with Gasteiger partial charge in [-0.1, -0.05) is 0 Å². The molecule has 4 nitrogen and oxygen atoms in total. The summed E-state index contributed by atoms with van der Waals surface area (Å²) in [6.07, 6.45) is 0. The molecule has 0 atom stereocenters.